The van der Waals surface area contributed by atoms with Crippen molar-refractivity contribution in [3.8, 4) is 0 Å². The van der Waals surface area contributed by atoms with Crippen LogP contribution in [0, 0.1) is 20.8 Å². The van der Waals surface area contributed by atoms with E-state index in [1.165, 1.54) is 22.4 Å². The van der Waals surface area contributed by atoms with Gasteiger partial charge in [0.15, 0.2) is 0 Å². The van der Waals surface area contributed by atoms with Gasteiger partial charge in [0.1, 0.15) is 0 Å². The molecule has 0 aliphatic rings. The molecule has 90 valence electrons. The van der Waals surface area contributed by atoms with Gasteiger partial charge in [-0.25, -0.2) is 4.68 Å². The first kappa shape index (κ1) is 11.6. The van der Waals surface area contributed by atoms with Crippen LogP contribution in [0.3, 0.4) is 0 Å². The lowest BCUT2D eigenvalue weighted by atomic mass is 10.1. The third-order valence-electron chi connectivity index (χ3n) is 3.04. The van der Waals surface area contributed by atoms with Crippen molar-refractivity contribution in [2.75, 3.05) is 0 Å². The lowest BCUT2D eigenvalue weighted by Gasteiger charge is -2.02. The summed E-state index contributed by atoms with van der Waals surface area (Å²) >= 11 is 0. The minimum absolute atomic E-state index is 0.903. The second-order valence-electron chi connectivity index (χ2n) is 4.53. The van der Waals surface area contributed by atoms with Crippen molar-refractivity contribution in [3.63, 3.8) is 0 Å². The zero-order chi connectivity index (χ0) is 12.4. The molecule has 0 unspecified atom stereocenters. The summed E-state index contributed by atoms with van der Waals surface area (Å²) in [4.78, 5) is 0. The Morgan fingerprint density at radius 3 is 2.65 bits per heavy atom. The average Bonchev–Trinajstić information content (AvgIpc) is 2.80. The van der Waals surface area contributed by atoms with Crippen LogP contribution in [-0.4, -0.2) is 20.0 Å². The van der Waals surface area contributed by atoms with Crippen LogP contribution in [-0.2, 0) is 6.42 Å². The summed E-state index contributed by atoms with van der Waals surface area (Å²) in [6, 6.07) is 0. The van der Waals surface area contributed by atoms with Crippen LogP contribution in [0.25, 0.3) is 6.20 Å². The molecule has 0 radical (unpaired) electrons. The third kappa shape index (κ3) is 2.46. The smallest absolute Gasteiger partial charge is 0.0525 e. The van der Waals surface area contributed by atoms with Crippen LogP contribution in [0.2, 0.25) is 0 Å². The molecule has 0 atom stereocenters. The monoisotopic (exact) mass is 230 g/mol. The van der Waals surface area contributed by atoms with Crippen molar-refractivity contribution in [2.45, 2.75) is 34.1 Å². The van der Waals surface area contributed by atoms with Crippen LogP contribution in [0.15, 0.2) is 18.0 Å². The van der Waals surface area contributed by atoms with Gasteiger partial charge in [-0.05, 0) is 45.2 Å². The lowest BCUT2D eigenvalue weighted by Crippen LogP contribution is -1.96. The van der Waals surface area contributed by atoms with E-state index < -0.39 is 0 Å². The van der Waals surface area contributed by atoms with Crippen LogP contribution in [0.4, 0.5) is 0 Å². The van der Waals surface area contributed by atoms with Crippen molar-refractivity contribution >= 4 is 6.20 Å². The highest BCUT2D eigenvalue weighted by Gasteiger charge is 2.03. The molecule has 0 amide bonds. The number of aromatic amines is 1. The molecule has 17 heavy (non-hydrogen) atoms. The molecule has 0 aromatic carbocycles. The van der Waals surface area contributed by atoms with Gasteiger partial charge in [-0.2, -0.15) is 10.2 Å². The highest BCUT2D eigenvalue weighted by Crippen LogP contribution is 2.12. The maximum atomic E-state index is 4.32. The van der Waals surface area contributed by atoms with E-state index in [0.717, 1.165) is 12.1 Å². The third-order valence-corrected chi connectivity index (χ3v) is 3.04. The largest absolute Gasteiger partial charge is 0.283 e. The van der Waals surface area contributed by atoms with Crippen LogP contribution < -0.4 is 0 Å². The summed E-state index contributed by atoms with van der Waals surface area (Å²) in [6.45, 7) is 8.30. The Morgan fingerprint density at radius 1 is 1.35 bits per heavy atom. The summed E-state index contributed by atoms with van der Waals surface area (Å²) in [5, 5.41) is 11.3. The van der Waals surface area contributed by atoms with E-state index in [2.05, 4.69) is 42.3 Å². The van der Waals surface area contributed by atoms with Crippen molar-refractivity contribution in [1.82, 2.24) is 20.0 Å². The molecule has 4 heteroatoms. The number of aromatic nitrogens is 4. The maximum Gasteiger partial charge on any atom is 0.0525 e. The average molecular weight is 230 g/mol. The second kappa shape index (κ2) is 4.57. The minimum Gasteiger partial charge on any atom is -0.283 e. The standard InChI is InChI=1S/C13H18N4/c1-9(5-13-7-14-16-11(13)3)8-17-12(4)10(2)6-15-17/h6-8H,5H2,1-4H3,(H,14,16). The highest BCUT2D eigenvalue weighted by atomic mass is 15.3. The summed E-state index contributed by atoms with van der Waals surface area (Å²) in [5.74, 6) is 0. The first-order valence-corrected chi connectivity index (χ1v) is 5.74. The maximum absolute atomic E-state index is 4.32. The zero-order valence-electron chi connectivity index (χ0n) is 10.8. The molecule has 2 aromatic rings. The second-order valence-corrected chi connectivity index (χ2v) is 4.53. The molecule has 2 heterocycles. The molecule has 0 aliphatic carbocycles. The molecule has 0 saturated heterocycles. The summed E-state index contributed by atoms with van der Waals surface area (Å²) in [6.07, 6.45) is 6.76. The lowest BCUT2D eigenvalue weighted by molar-refractivity contribution is 0.884. The molecule has 2 aromatic heterocycles. The van der Waals surface area contributed by atoms with Gasteiger partial charge in [0.2, 0.25) is 0 Å². The van der Waals surface area contributed by atoms with Crippen molar-refractivity contribution in [3.05, 3.63) is 40.5 Å². The number of rotatable bonds is 3. The van der Waals surface area contributed by atoms with Crippen molar-refractivity contribution in [2.24, 2.45) is 0 Å². The van der Waals surface area contributed by atoms with Gasteiger partial charge >= 0.3 is 0 Å². The van der Waals surface area contributed by atoms with Crippen LogP contribution >= 0.6 is 0 Å². The minimum atomic E-state index is 0.903. The van der Waals surface area contributed by atoms with Gasteiger partial charge in [-0.1, -0.05) is 5.57 Å². The molecule has 0 bridgehead atoms. The number of aryl methyl sites for hydroxylation is 2. The fourth-order valence-electron chi connectivity index (χ4n) is 1.75. The van der Waals surface area contributed by atoms with E-state index in [0.29, 0.717) is 0 Å². The fraction of sp³-hybridized carbons (Fsp3) is 0.385. The topological polar surface area (TPSA) is 46.5 Å². The van der Waals surface area contributed by atoms with Gasteiger partial charge in [-0.3, -0.25) is 5.10 Å². The molecule has 0 fully saturated rings. The molecule has 0 spiro atoms. The van der Waals surface area contributed by atoms with E-state index in [9.17, 15) is 0 Å². The van der Waals surface area contributed by atoms with E-state index in [1.54, 1.807) is 0 Å². The van der Waals surface area contributed by atoms with Gasteiger partial charge in [-0.15, -0.1) is 0 Å². The van der Waals surface area contributed by atoms with Gasteiger partial charge < -0.3 is 0 Å². The first-order chi connectivity index (χ1) is 8.08. The number of hydrogen-bond acceptors (Lipinski definition) is 2. The van der Waals surface area contributed by atoms with E-state index in [4.69, 9.17) is 0 Å². The Bertz CT molecular complexity index is 546. The zero-order valence-corrected chi connectivity index (χ0v) is 10.8. The summed E-state index contributed by atoms with van der Waals surface area (Å²) in [7, 11) is 0. The quantitative estimate of drug-likeness (QED) is 0.881. The van der Waals surface area contributed by atoms with E-state index in [-0.39, 0.29) is 0 Å². The Hall–Kier alpha value is -1.84. The molecule has 4 nitrogen and oxygen atoms in total. The van der Waals surface area contributed by atoms with Gasteiger partial charge in [0.25, 0.3) is 0 Å². The molecular formula is C13H18N4. The van der Waals surface area contributed by atoms with Crippen LogP contribution in [0.1, 0.15) is 29.4 Å². The fourth-order valence-corrected chi connectivity index (χ4v) is 1.75. The number of hydrogen-bond donors (Lipinski definition) is 1. The predicted molar refractivity (Wildman–Crippen MR) is 68.7 cm³/mol. The van der Waals surface area contributed by atoms with Crippen LogP contribution in [0.5, 0.6) is 0 Å². The molecule has 0 aliphatic heterocycles. The normalized spacial score (nSPS) is 12.1. The molecular weight excluding hydrogens is 212 g/mol. The number of nitrogens with one attached hydrogen (secondary N) is 1. The Kier molecular flexibility index (Phi) is 3.13. The molecule has 2 rings (SSSR count). The number of nitrogens with zero attached hydrogens (tertiary/aromatic N) is 3. The van der Waals surface area contributed by atoms with Gasteiger partial charge in [0, 0.05) is 17.6 Å². The Labute approximate surface area is 101 Å². The SMILES string of the molecule is CC(=Cn1ncc(C)c1C)Cc1cn[nH]c1C. The Balaban J connectivity index is 2.18. The van der Waals surface area contributed by atoms with E-state index in [1.807, 2.05) is 24.0 Å². The predicted octanol–water partition coefficient (Wildman–Crippen LogP) is 2.63. The Morgan fingerprint density at radius 2 is 2.12 bits per heavy atom. The van der Waals surface area contributed by atoms with E-state index >= 15 is 0 Å². The van der Waals surface area contributed by atoms with Gasteiger partial charge in [0.05, 0.1) is 12.4 Å². The molecule has 0 saturated carbocycles. The summed E-state index contributed by atoms with van der Waals surface area (Å²) < 4.78 is 1.93. The van der Waals surface area contributed by atoms with Crippen molar-refractivity contribution < 1.29 is 0 Å². The van der Waals surface area contributed by atoms with Crippen molar-refractivity contribution in [1.29, 1.82) is 0 Å². The molecule has 1 N–H and O–H groups in total. The number of H-pyrrole nitrogens is 1. The summed E-state index contributed by atoms with van der Waals surface area (Å²) in [5.41, 5.74) is 6.04. The number of allylic oxidation sites excluding steroid dienone is 1. The first-order valence-electron chi connectivity index (χ1n) is 5.74. The highest BCUT2D eigenvalue weighted by molar-refractivity contribution is 5.36.